The molecule has 1 aromatic rings. The van der Waals surface area contributed by atoms with E-state index in [-0.39, 0.29) is 11.2 Å². The molecule has 2 aliphatic carbocycles. The second-order valence-electron chi connectivity index (χ2n) is 5.10. The molecular formula is C13H15FO2S. The number of fused-ring (bicyclic) bond motifs is 1. The Morgan fingerprint density at radius 2 is 2.12 bits per heavy atom. The molecule has 0 spiro atoms. The average Bonchev–Trinajstić information content (AvgIpc) is 2.95. The van der Waals surface area contributed by atoms with Gasteiger partial charge in [0.25, 0.3) is 0 Å². The zero-order valence-electron chi connectivity index (χ0n) is 9.34. The van der Waals surface area contributed by atoms with Gasteiger partial charge in [-0.05, 0) is 30.9 Å². The molecule has 0 bridgehead atoms. The maximum atomic E-state index is 13.4. The number of benzene rings is 1. The maximum absolute atomic E-state index is 13.4. The van der Waals surface area contributed by atoms with Crippen LogP contribution in [0.5, 0.6) is 0 Å². The smallest absolute Gasteiger partial charge is 0.136 e. The van der Waals surface area contributed by atoms with Crippen LogP contribution in [0.4, 0.5) is 4.39 Å². The quantitative estimate of drug-likeness (QED) is 0.811. The number of thioether (sulfide) groups is 1. The van der Waals surface area contributed by atoms with Gasteiger partial charge in [-0.25, -0.2) is 4.39 Å². The Morgan fingerprint density at radius 3 is 2.76 bits per heavy atom. The normalized spacial score (nSPS) is 39.1. The van der Waals surface area contributed by atoms with E-state index >= 15 is 0 Å². The van der Waals surface area contributed by atoms with Gasteiger partial charge in [0.1, 0.15) is 5.82 Å². The molecule has 0 aliphatic heterocycles. The lowest BCUT2D eigenvalue weighted by Gasteiger charge is -2.20. The van der Waals surface area contributed by atoms with Crippen LogP contribution in [-0.2, 0) is 0 Å². The van der Waals surface area contributed by atoms with E-state index in [0.29, 0.717) is 23.0 Å². The first-order valence-corrected chi connectivity index (χ1v) is 6.85. The zero-order chi connectivity index (χ0) is 12.0. The van der Waals surface area contributed by atoms with Crippen LogP contribution >= 0.6 is 11.8 Å². The standard InChI is InChI=1S/C13H15FO2S/c14-9-3-1-2-4-11(9)17-7-13-6-8(13)5-10(15)12(13)16/h1-4,8,10,12,15-16H,5-7H2. The highest BCUT2D eigenvalue weighted by molar-refractivity contribution is 7.99. The van der Waals surface area contributed by atoms with Crippen molar-refractivity contribution in [3.05, 3.63) is 30.1 Å². The Bertz CT molecular complexity index is 439. The van der Waals surface area contributed by atoms with Gasteiger partial charge in [-0.2, -0.15) is 0 Å². The van der Waals surface area contributed by atoms with Gasteiger partial charge in [0.05, 0.1) is 12.2 Å². The van der Waals surface area contributed by atoms with Gasteiger partial charge in [0, 0.05) is 16.1 Å². The molecule has 2 aliphatic rings. The fraction of sp³-hybridized carbons (Fsp3) is 0.538. The number of hydrogen-bond acceptors (Lipinski definition) is 3. The monoisotopic (exact) mass is 254 g/mol. The second-order valence-corrected chi connectivity index (χ2v) is 6.12. The minimum Gasteiger partial charge on any atom is -0.390 e. The highest BCUT2D eigenvalue weighted by Crippen LogP contribution is 2.65. The summed E-state index contributed by atoms with van der Waals surface area (Å²) in [6.07, 6.45) is 0.438. The fourth-order valence-corrected chi connectivity index (χ4v) is 4.25. The molecule has 3 rings (SSSR count). The van der Waals surface area contributed by atoms with Crippen molar-refractivity contribution in [3.8, 4) is 0 Å². The minimum absolute atomic E-state index is 0.160. The highest BCUT2D eigenvalue weighted by atomic mass is 32.2. The van der Waals surface area contributed by atoms with Crippen LogP contribution in [0.25, 0.3) is 0 Å². The van der Waals surface area contributed by atoms with Crippen LogP contribution in [0, 0.1) is 17.2 Å². The van der Waals surface area contributed by atoms with E-state index in [9.17, 15) is 14.6 Å². The molecule has 0 radical (unpaired) electrons. The van der Waals surface area contributed by atoms with Crippen molar-refractivity contribution in [1.29, 1.82) is 0 Å². The summed E-state index contributed by atoms with van der Waals surface area (Å²) in [7, 11) is 0. The average molecular weight is 254 g/mol. The SMILES string of the molecule is OC1CC2CC2(CSc2ccccc2F)C1O. The van der Waals surface area contributed by atoms with Gasteiger partial charge in [-0.15, -0.1) is 11.8 Å². The van der Waals surface area contributed by atoms with E-state index in [0.717, 1.165) is 6.42 Å². The van der Waals surface area contributed by atoms with Gasteiger partial charge in [0.2, 0.25) is 0 Å². The molecule has 17 heavy (non-hydrogen) atoms. The molecule has 0 saturated heterocycles. The summed E-state index contributed by atoms with van der Waals surface area (Å²) in [6, 6.07) is 6.69. The molecule has 0 aromatic heterocycles. The Hall–Kier alpha value is -0.580. The van der Waals surface area contributed by atoms with Crippen LogP contribution in [0.1, 0.15) is 12.8 Å². The Labute approximate surface area is 104 Å². The van der Waals surface area contributed by atoms with Crippen molar-refractivity contribution in [2.24, 2.45) is 11.3 Å². The lowest BCUT2D eigenvalue weighted by Crippen LogP contribution is -2.31. The van der Waals surface area contributed by atoms with E-state index in [1.807, 2.05) is 6.07 Å². The van der Waals surface area contributed by atoms with E-state index in [1.165, 1.54) is 17.8 Å². The number of aliphatic hydroxyl groups excluding tert-OH is 2. The van der Waals surface area contributed by atoms with Crippen LogP contribution in [0.3, 0.4) is 0 Å². The third-order valence-corrected chi connectivity index (χ3v) is 5.42. The van der Waals surface area contributed by atoms with Crippen molar-refractivity contribution < 1.29 is 14.6 Å². The molecule has 4 heteroatoms. The Kier molecular flexibility index (Phi) is 2.69. The molecular weight excluding hydrogens is 239 g/mol. The summed E-state index contributed by atoms with van der Waals surface area (Å²) in [5, 5.41) is 19.5. The summed E-state index contributed by atoms with van der Waals surface area (Å²) < 4.78 is 13.4. The molecule has 0 amide bonds. The van der Waals surface area contributed by atoms with Crippen molar-refractivity contribution >= 4 is 11.8 Å². The van der Waals surface area contributed by atoms with Gasteiger partial charge < -0.3 is 10.2 Å². The summed E-state index contributed by atoms with van der Waals surface area (Å²) >= 11 is 1.44. The van der Waals surface area contributed by atoms with Gasteiger partial charge in [-0.3, -0.25) is 0 Å². The molecule has 4 unspecified atom stereocenters. The van der Waals surface area contributed by atoms with E-state index < -0.39 is 12.2 Å². The van der Waals surface area contributed by atoms with Crippen molar-refractivity contribution in [3.63, 3.8) is 0 Å². The van der Waals surface area contributed by atoms with Crippen LogP contribution in [0.2, 0.25) is 0 Å². The largest absolute Gasteiger partial charge is 0.390 e. The van der Waals surface area contributed by atoms with Gasteiger partial charge in [0.15, 0.2) is 0 Å². The van der Waals surface area contributed by atoms with Crippen LogP contribution < -0.4 is 0 Å². The summed E-state index contributed by atoms with van der Waals surface area (Å²) in [5.41, 5.74) is -0.160. The highest BCUT2D eigenvalue weighted by Gasteiger charge is 2.65. The van der Waals surface area contributed by atoms with E-state index in [1.54, 1.807) is 12.1 Å². The summed E-state index contributed by atoms with van der Waals surface area (Å²) in [5.74, 6) is 0.905. The molecule has 2 saturated carbocycles. The molecule has 92 valence electrons. The van der Waals surface area contributed by atoms with Crippen molar-refractivity contribution in [2.45, 2.75) is 29.9 Å². The zero-order valence-corrected chi connectivity index (χ0v) is 10.2. The second kappa shape index (κ2) is 3.97. The first kappa shape index (κ1) is 11.5. The Balaban J connectivity index is 1.68. The summed E-state index contributed by atoms with van der Waals surface area (Å²) in [4.78, 5) is 0.626. The van der Waals surface area contributed by atoms with Gasteiger partial charge >= 0.3 is 0 Å². The van der Waals surface area contributed by atoms with E-state index in [4.69, 9.17) is 0 Å². The lowest BCUT2D eigenvalue weighted by molar-refractivity contribution is 0.00395. The van der Waals surface area contributed by atoms with E-state index in [2.05, 4.69) is 0 Å². The molecule has 2 fully saturated rings. The number of halogens is 1. The van der Waals surface area contributed by atoms with Crippen molar-refractivity contribution in [1.82, 2.24) is 0 Å². The fourth-order valence-electron chi connectivity index (χ4n) is 2.92. The van der Waals surface area contributed by atoms with Gasteiger partial charge in [-0.1, -0.05) is 12.1 Å². The minimum atomic E-state index is -0.633. The molecule has 1 aromatic carbocycles. The molecule has 2 N–H and O–H groups in total. The first-order valence-electron chi connectivity index (χ1n) is 5.87. The third-order valence-electron chi connectivity index (χ3n) is 4.09. The molecule has 0 heterocycles. The topological polar surface area (TPSA) is 40.5 Å². The van der Waals surface area contributed by atoms with Crippen LogP contribution in [0.15, 0.2) is 29.2 Å². The summed E-state index contributed by atoms with van der Waals surface area (Å²) in [6.45, 7) is 0. The maximum Gasteiger partial charge on any atom is 0.136 e. The molecule has 2 nitrogen and oxygen atoms in total. The van der Waals surface area contributed by atoms with Crippen LogP contribution in [-0.4, -0.2) is 28.2 Å². The first-order chi connectivity index (χ1) is 8.13. The number of aliphatic hydroxyl groups is 2. The predicted molar refractivity (Wildman–Crippen MR) is 64.3 cm³/mol. The van der Waals surface area contributed by atoms with Crippen molar-refractivity contribution in [2.75, 3.05) is 5.75 Å². The molecule has 4 atom stereocenters. The number of hydrogen-bond donors (Lipinski definition) is 2. The predicted octanol–water partition coefficient (Wildman–Crippen LogP) is 2.05. The Morgan fingerprint density at radius 1 is 1.35 bits per heavy atom. The lowest BCUT2D eigenvalue weighted by atomic mass is 10.0. The third kappa shape index (κ3) is 1.79. The number of rotatable bonds is 3.